The second kappa shape index (κ2) is 11.5. The van der Waals surface area contributed by atoms with Crippen LogP contribution < -0.4 is 10.6 Å². The molecule has 5 nitrogen and oxygen atoms in total. The summed E-state index contributed by atoms with van der Waals surface area (Å²) in [6.07, 6.45) is -2.68. The Balaban J connectivity index is 1.47. The molecule has 212 valence electrons. The van der Waals surface area contributed by atoms with Crippen LogP contribution in [0.4, 0.5) is 18.9 Å². The van der Waals surface area contributed by atoms with Gasteiger partial charge in [0.05, 0.1) is 16.5 Å². The van der Waals surface area contributed by atoms with Crippen LogP contribution in [0.5, 0.6) is 0 Å². The maximum Gasteiger partial charge on any atom is 0.391 e. The van der Waals surface area contributed by atoms with E-state index in [1.54, 1.807) is 18.2 Å². The summed E-state index contributed by atoms with van der Waals surface area (Å²) < 4.78 is 39.5. The van der Waals surface area contributed by atoms with Crippen LogP contribution in [0, 0.1) is 11.8 Å². The van der Waals surface area contributed by atoms with Gasteiger partial charge in [-0.3, -0.25) is 14.5 Å². The Labute approximate surface area is 233 Å². The quantitative estimate of drug-likeness (QED) is 0.395. The molecular weight excluding hydrogens is 527 g/mol. The number of fused-ring (bicyclic) bond motifs is 1. The maximum atomic E-state index is 13.2. The second-order valence-electron chi connectivity index (χ2n) is 11.8. The van der Waals surface area contributed by atoms with E-state index in [0.717, 1.165) is 17.7 Å². The molecule has 2 N–H and O–H groups in total. The summed E-state index contributed by atoms with van der Waals surface area (Å²) in [6.45, 7) is 9.64. The minimum atomic E-state index is -4.11. The molecule has 0 aromatic heterocycles. The number of amides is 2. The Kier molecular flexibility index (Phi) is 8.67. The largest absolute Gasteiger partial charge is 0.391 e. The normalized spacial score (nSPS) is 21.4. The zero-order valence-corrected chi connectivity index (χ0v) is 23.7. The third-order valence-corrected chi connectivity index (χ3v) is 8.34. The number of hydrogen-bond acceptors (Lipinski definition) is 3. The lowest BCUT2D eigenvalue weighted by atomic mass is 9.76. The summed E-state index contributed by atoms with van der Waals surface area (Å²) in [7, 11) is 0. The van der Waals surface area contributed by atoms with Crippen LogP contribution in [0.1, 0.15) is 80.4 Å². The van der Waals surface area contributed by atoms with E-state index >= 15 is 0 Å². The Morgan fingerprint density at radius 3 is 2.41 bits per heavy atom. The fourth-order valence-corrected chi connectivity index (χ4v) is 6.01. The Bertz CT molecular complexity index is 1220. The third-order valence-electron chi connectivity index (χ3n) is 8.01. The molecule has 0 radical (unpaired) electrons. The third kappa shape index (κ3) is 6.95. The van der Waals surface area contributed by atoms with E-state index in [2.05, 4.69) is 29.4 Å². The zero-order valence-electron chi connectivity index (χ0n) is 22.9. The van der Waals surface area contributed by atoms with Crippen LogP contribution in [0.25, 0.3) is 0 Å². The number of carbonyl (C=O) groups is 2. The summed E-state index contributed by atoms with van der Waals surface area (Å²) in [5, 5.41) is 6.10. The van der Waals surface area contributed by atoms with E-state index in [1.807, 2.05) is 32.0 Å². The molecule has 0 saturated heterocycles. The summed E-state index contributed by atoms with van der Waals surface area (Å²) in [6, 6.07) is 11.1. The maximum absolute atomic E-state index is 13.2. The van der Waals surface area contributed by atoms with Gasteiger partial charge < -0.3 is 10.6 Å². The zero-order chi connectivity index (χ0) is 28.5. The van der Waals surface area contributed by atoms with Crippen molar-refractivity contribution in [1.82, 2.24) is 10.2 Å². The molecule has 0 atom stereocenters. The van der Waals surface area contributed by atoms with Gasteiger partial charge in [0.2, 0.25) is 5.91 Å². The molecule has 1 aliphatic carbocycles. The van der Waals surface area contributed by atoms with E-state index in [9.17, 15) is 22.8 Å². The van der Waals surface area contributed by atoms with Gasteiger partial charge in [-0.05, 0) is 66.6 Å². The molecule has 1 aliphatic heterocycles. The van der Waals surface area contributed by atoms with Crippen molar-refractivity contribution in [2.75, 3.05) is 11.9 Å². The number of nitrogens with one attached hydrogen (secondary N) is 2. The smallest absolute Gasteiger partial charge is 0.352 e. The van der Waals surface area contributed by atoms with Crippen LogP contribution in [0.2, 0.25) is 5.02 Å². The summed E-state index contributed by atoms with van der Waals surface area (Å²) in [4.78, 5) is 27.4. The highest BCUT2D eigenvalue weighted by molar-refractivity contribution is 6.34. The number of nitrogens with zero attached hydrogens (tertiary/aromatic N) is 1. The first-order valence-corrected chi connectivity index (χ1v) is 13.9. The fourth-order valence-electron chi connectivity index (χ4n) is 5.80. The van der Waals surface area contributed by atoms with Crippen molar-refractivity contribution in [3.05, 3.63) is 63.7 Å². The van der Waals surface area contributed by atoms with E-state index in [4.69, 9.17) is 11.6 Å². The first-order valence-electron chi connectivity index (χ1n) is 13.6. The second-order valence-corrected chi connectivity index (χ2v) is 12.3. The minimum Gasteiger partial charge on any atom is -0.352 e. The molecule has 39 heavy (non-hydrogen) atoms. The van der Waals surface area contributed by atoms with Crippen LogP contribution in [0.3, 0.4) is 0 Å². The van der Waals surface area contributed by atoms with Crippen LogP contribution in [-0.4, -0.2) is 35.5 Å². The Hall–Kier alpha value is -2.58. The summed E-state index contributed by atoms with van der Waals surface area (Å²) >= 11 is 6.34. The van der Waals surface area contributed by atoms with Gasteiger partial charge >= 0.3 is 6.18 Å². The Morgan fingerprint density at radius 2 is 1.77 bits per heavy atom. The highest BCUT2D eigenvalue weighted by atomic mass is 35.5. The monoisotopic (exact) mass is 563 g/mol. The van der Waals surface area contributed by atoms with Gasteiger partial charge in [-0.15, -0.1) is 0 Å². The molecule has 2 aromatic rings. The van der Waals surface area contributed by atoms with E-state index in [1.165, 1.54) is 5.56 Å². The summed E-state index contributed by atoms with van der Waals surface area (Å²) in [5.41, 5.74) is 3.79. The van der Waals surface area contributed by atoms with E-state index < -0.39 is 12.1 Å². The van der Waals surface area contributed by atoms with Crippen molar-refractivity contribution < 1.29 is 22.8 Å². The molecule has 1 saturated carbocycles. The van der Waals surface area contributed by atoms with Gasteiger partial charge in [0.1, 0.15) is 0 Å². The predicted octanol–water partition coefficient (Wildman–Crippen LogP) is 7.08. The number of rotatable bonds is 6. The fraction of sp³-hybridized carbons (Fsp3) is 0.533. The number of alkyl halides is 3. The molecule has 1 heterocycles. The van der Waals surface area contributed by atoms with Crippen molar-refractivity contribution in [2.24, 2.45) is 11.8 Å². The number of hydrogen-bond donors (Lipinski definition) is 2. The first kappa shape index (κ1) is 29.4. The lowest BCUT2D eigenvalue weighted by molar-refractivity contribution is -0.184. The van der Waals surface area contributed by atoms with Crippen molar-refractivity contribution in [2.45, 2.75) is 84.1 Å². The molecule has 2 aromatic carbocycles. The molecule has 4 rings (SSSR count). The molecule has 9 heteroatoms. The van der Waals surface area contributed by atoms with Crippen LogP contribution in [0.15, 0.2) is 36.4 Å². The highest BCUT2D eigenvalue weighted by Crippen LogP contribution is 2.42. The molecule has 2 aliphatic rings. The van der Waals surface area contributed by atoms with Gasteiger partial charge in [-0.2, -0.15) is 13.2 Å². The van der Waals surface area contributed by atoms with E-state index in [-0.39, 0.29) is 42.0 Å². The SMILES string of the molecule is CC(C)C(=O)NCc1ccc(Cl)c(C(=O)Nc2ccc3c(c2)CN(C2CCC(C(F)(F)F)CC2)CC3(C)C)c1. The lowest BCUT2D eigenvalue weighted by Crippen LogP contribution is -2.48. The average molecular weight is 564 g/mol. The molecule has 1 fully saturated rings. The Morgan fingerprint density at radius 1 is 1.08 bits per heavy atom. The lowest BCUT2D eigenvalue weighted by Gasteiger charge is -2.45. The van der Waals surface area contributed by atoms with Crippen LogP contribution >= 0.6 is 11.6 Å². The molecule has 0 bridgehead atoms. The van der Waals surface area contributed by atoms with E-state index in [0.29, 0.717) is 42.2 Å². The summed E-state index contributed by atoms with van der Waals surface area (Å²) in [5.74, 6) is -1.76. The predicted molar refractivity (Wildman–Crippen MR) is 148 cm³/mol. The number of benzene rings is 2. The molecular formula is C30H37ClF3N3O2. The number of anilines is 1. The standard InChI is InChI=1S/C30H37ClF3N3O2/c1-18(2)27(38)35-15-19-5-12-26(31)24(13-19)28(39)36-22-8-11-25-20(14-22)16-37(17-29(25,3)4)23-9-6-21(7-10-23)30(32,33)34/h5,8,11-14,18,21,23H,6-7,9-10,15-17H2,1-4H3,(H,35,38)(H,36,39). The molecule has 0 unspecified atom stereocenters. The van der Waals surface area contributed by atoms with Crippen molar-refractivity contribution in [3.8, 4) is 0 Å². The van der Waals surface area contributed by atoms with Gasteiger partial charge in [-0.1, -0.05) is 51.4 Å². The minimum absolute atomic E-state index is 0.0737. The first-order chi connectivity index (χ1) is 18.2. The van der Waals surface area contributed by atoms with Crippen molar-refractivity contribution in [1.29, 1.82) is 0 Å². The van der Waals surface area contributed by atoms with Crippen molar-refractivity contribution in [3.63, 3.8) is 0 Å². The highest BCUT2D eigenvalue weighted by Gasteiger charge is 2.43. The number of halogens is 4. The topological polar surface area (TPSA) is 61.4 Å². The van der Waals surface area contributed by atoms with Crippen molar-refractivity contribution >= 4 is 29.1 Å². The van der Waals surface area contributed by atoms with Crippen LogP contribution in [-0.2, 0) is 23.3 Å². The molecule has 0 spiro atoms. The van der Waals surface area contributed by atoms with Gasteiger partial charge in [-0.25, -0.2) is 0 Å². The number of carbonyl (C=O) groups excluding carboxylic acids is 2. The van der Waals surface area contributed by atoms with Gasteiger partial charge in [0.15, 0.2) is 0 Å². The van der Waals surface area contributed by atoms with Gasteiger partial charge in [0.25, 0.3) is 5.91 Å². The average Bonchev–Trinajstić information content (AvgIpc) is 2.86. The molecule has 2 amide bonds. The van der Waals surface area contributed by atoms with Gasteiger partial charge in [0, 0.05) is 42.7 Å².